The number of rotatable bonds is 3. The first-order valence-corrected chi connectivity index (χ1v) is 12.9. The van der Waals surface area contributed by atoms with Crippen LogP contribution in [0.25, 0.3) is 0 Å². The fourth-order valence-electron chi connectivity index (χ4n) is 5.01. The molecule has 2 atom stereocenters. The van der Waals surface area contributed by atoms with Gasteiger partial charge in [0.15, 0.2) is 0 Å². The number of urea groups is 1. The molecule has 0 saturated carbocycles. The number of hydrogen-bond donors (Lipinski definition) is 1. The van der Waals surface area contributed by atoms with Crippen molar-refractivity contribution >= 4 is 27.6 Å². The molecule has 31 heavy (non-hydrogen) atoms. The fourth-order valence-corrected chi connectivity index (χ4v) is 6.77. The predicted molar refractivity (Wildman–Crippen MR) is 119 cm³/mol. The van der Waals surface area contributed by atoms with Gasteiger partial charge in [0.05, 0.1) is 11.7 Å². The van der Waals surface area contributed by atoms with Gasteiger partial charge in [0.1, 0.15) is 0 Å². The molecule has 3 aliphatic rings. The average Bonchev–Trinajstić information content (AvgIpc) is 3.12. The largest absolute Gasteiger partial charge is 0.341 e. The van der Waals surface area contributed by atoms with Gasteiger partial charge in [0.25, 0.3) is 0 Å². The summed E-state index contributed by atoms with van der Waals surface area (Å²) in [5, 5.41) is 2.93. The molecule has 0 aliphatic carbocycles. The van der Waals surface area contributed by atoms with Crippen LogP contribution in [0.5, 0.6) is 0 Å². The van der Waals surface area contributed by atoms with E-state index in [1.54, 1.807) is 9.21 Å². The Bertz CT molecular complexity index is 935. The summed E-state index contributed by atoms with van der Waals surface area (Å²) in [6.07, 6.45) is 3.83. The number of carbonyl (C=O) groups is 2. The van der Waals surface area contributed by atoms with E-state index in [2.05, 4.69) is 5.32 Å². The van der Waals surface area contributed by atoms with Crippen molar-refractivity contribution in [2.24, 2.45) is 5.92 Å². The molecule has 4 rings (SSSR count). The van der Waals surface area contributed by atoms with E-state index >= 15 is 0 Å². The molecular weight excluding hydrogens is 416 g/mol. The molecule has 170 valence electrons. The first-order valence-electron chi connectivity index (χ1n) is 11.2. The van der Waals surface area contributed by atoms with Crippen molar-refractivity contribution in [1.82, 2.24) is 14.1 Å². The highest BCUT2D eigenvalue weighted by atomic mass is 32.2. The predicted octanol–water partition coefficient (Wildman–Crippen LogP) is 2.27. The van der Waals surface area contributed by atoms with Crippen molar-refractivity contribution in [3.8, 4) is 0 Å². The summed E-state index contributed by atoms with van der Waals surface area (Å²) in [4.78, 5) is 29.5. The third kappa shape index (κ3) is 5.03. The van der Waals surface area contributed by atoms with Crippen LogP contribution < -0.4 is 5.32 Å². The Morgan fingerprint density at radius 3 is 2.52 bits per heavy atom. The molecule has 0 radical (unpaired) electrons. The first-order chi connectivity index (χ1) is 14.8. The van der Waals surface area contributed by atoms with Crippen LogP contribution in [-0.2, 0) is 14.8 Å². The Morgan fingerprint density at radius 1 is 1.00 bits per heavy atom. The van der Waals surface area contributed by atoms with Gasteiger partial charge in [-0.2, -0.15) is 4.31 Å². The van der Waals surface area contributed by atoms with E-state index in [9.17, 15) is 18.0 Å². The highest BCUT2D eigenvalue weighted by Crippen LogP contribution is 2.26. The molecular formula is C22H32N4O4S. The number of nitrogens with zero attached hydrogens (tertiary/aromatic N) is 3. The molecule has 0 spiro atoms. The number of benzene rings is 1. The molecule has 3 saturated heterocycles. The minimum atomic E-state index is -3.18. The molecule has 1 aromatic carbocycles. The number of nitrogens with one attached hydrogen (secondary N) is 1. The van der Waals surface area contributed by atoms with E-state index in [0.29, 0.717) is 39.1 Å². The zero-order chi connectivity index (χ0) is 22.0. The SMILES string of the molecule is Cc1cccc(NC(=O)N2CCC[C@@H](C(=O)N3CCC[C@@H](N4CCCS4(=O)=O)C3)C2)c1. The lowest BCUT2D eigenvalue weighted by Gasteiger charge is -2.40. The van der Waals surface area contributed by atoms with Gasteiger partial charge in [-0.3, -0.25) is 4.79 Å². The van der Waals surface area contributed by atoms with E-state index in [1.807, 2.05) is 36.1 Å². The standard InChI is InChI=1S/C22H32N4O4S/c1-17-6-2-8-19(14-17)23-22(28)25-11-3-7-18(15-25)21(27)24-10-4-9-20(16-24)26-12-5-13-31(26,29)30/h2,6,8,14,18,20H,3-5,7,9-13,15-16H2,1H3,(H,23,28)/t18-,20-/m1/s1. The topological polar surface area (TPSA) is 90.0 Å². The van der Waals surface area contributed by atoms with Crippen molar-refractivity contribution in [2.75, 3.05) is 43.8 Å². The first kappa shape index (κ1) is 22.1. The van der Waals surface area contributed by atoms with Gasteiger partial charge in [-0.25, -0.2) is 13.2 Å². The summed E-state index contributed by atoms with van der Waals surface area (Å²) >= 11 is 0. The second-order valence-electron chi connectivity index (χ2n) is 8.95. The fraction of sp³-hybridized carbons (Fsp3) is 0.636. The summed E-state index contributed by atoms with van der Waals surface area (Å²) in [6, 6.07) is 7.37. The molecule has 1 aromatic rings. The Labute approximate surface area is 184 Å². The highest BCUT2D eigenvalue weighted by molar-refractivity contribution is 7.89. The molecule has 3 amide bonds. The molecule has 8 nitrogen and oxygen atoms in total. The van der Waals surface area contributed by atoms with Crippen molar-refractivity contribution in [3.63, 3.8) is 0 Å². The molecule has 3 aliphatic heterocycles. The number of aryl methyl sites for hydroxylation is 1. The quantitative estimate of drug-likeness (QED) is 0.768. The lowest BCUT2D eigenvalue weighted by Crippen LogP contribution is -2.53. The lowest BCUT2D eigenvalue weighted by molar-refractivity contribution is -0.138. The zero-order valence-corrected chi connectivity index (χ0v) is 18.9. The molecule has 0 bridgehead atoms. The van der Waals surface area contributed by atoms with Gasteiger partial charge in [0, 0.05) is 44.5 Å². The second kappa shape index (κ2) is 9.16. The van der Waals surface area contributed by atoms with Crippen molar-refractivity contribution in [1.29, 1.82) is 0 Å². The Kier molecular flexibility index (Phi) is 6.52. The van der Waals surface area contributed by atoms with Crippen LogP contribution in [0.4, 0.5) is 10.5 Å². The van der Waals surface area contributed by atoms with Crippen molar-refractivity contribution < 1.29 is 18.0 Å². The van der Waals surface area contributed by atoms with Crippen molar-refractivity contribution in [2.45, 2.75) is 45.1 Å². The zero-order valence-electron chi connectivity index (χ0n) is 18.1. The minimum Gasteiger partial charge on any atom is -0.341 e. The third-order valence-corrected chi connectivity index (χ3v) is 8.58. The number of piperidine rings is 2. The highest BCUT2D eigenvalue weighted by Gasteiger charge is 2.39. The Hall–Kier alpha value is -2.13. The summed E-state index contributed by atoms with van der Waals surface area (Å²) in [7, 11) is -3.18. The third-order valence-electron chi connectivity index (χ3n) is 6.58. The van der Waals surface area contributed by atoms with E-state index in [4.69, 9.17) is 0 Å². The second-order valence-corrected chi connectivity index (χ2v) is 11.0. The normalized spacial score (nSPS) is 26.6. The Balaban J connectivity index is 1.36. The van der Waals surface area contributed by atoms with Gasteiger partial charge in [0.2, 0.25) is 15.9 Å². The molecule has 3 heterocycles. The van der Waals surface area contributed by atoms with Gasteiger partial charge < -0.3 is 15.1 Å². The van der Waals surface area contributed by atoms with Crippen LogP contribution in [0.1, 0.15) is 37.7 Å². The number of amides is 3. The monoisotopic (exact) mass is 448 g/mol. The average molecular weight is 449 g/mol. The van der Waals surface area contributed by atoms with E-state index in [1.165, 1.54) is 0 Å². The van der Waals surface area contributed by atoms with Gasteiger partial charge in [-0.15, -0.1) is 0 Å². The van der Waals surface area contributed by atoms with Crippen molar-refractivity contribution in [3.05, 3.63) is 29.8 Å². The number of hydrogen-bond acceptors (Lipinski definition) is 4. The minimum absolute atomic E-state index is 0.0503. The smallest absolute Gasteiger partial charge is 0.321 e. The van der Waals surface area contributed by atoms with Gasteiger partial charge in [-0.05, 0) is 56.7 Å². The van der Waals surface area contributed by atoms with Crippen LogP contribution in [-0.4, -0.2) is 79.0 Å². The number of carbonyl (C=O) groups excluding carboxylic acids is 2. The maximum absolute atomic E-state index is 13.2. The Morgan fingerprint density at radius 2 is 1.77 bits per heavy atom. The maximum atomic E-state index is 13.2. The van der Waals surface area contributed by atoms with Crippen LogP contribution in [0.2, 0.25) is 0 Å². The van der Waals surface area contributed by atoms with E-state index in [-0.39, 0.29) is 29.7 Å². The van der Waals surface area contributed by atoms with Crippen LogP contribution >= 0.6 is 0 Å². The number of likely N-dealkylation sites (tertiary alicyclic amines) is 2. The number of anilines is 1. The number of sulfonamides is 1. The van der Waals surface area contributed by atoms with Crippen LogP contribution in [0.3, 0.4) is 0 Å². The maximum Gasteiger partial charge on any atom is 0.321 e. The van der Waals surface area contributed by atoms with Gasteiger partial charge in [-0.1, -0.05) is 12.1 Å². The molecule has 3 fully saturated rings. The lowest BCUT2D eigenvalue weighted by atomic mass is 9.95. The summed E-state index contributed by atoms with van der Waals surface area (Å²) in [6.45, 7) is 4.70. The molecule has 1 N–H and O–H groups in total. The van der Waals surface area contributed by atoms with E-state index < -0.39 is 10.0 Å². The summed E-state index contributed by atoms with van der Waals surface area (Å²) in [5.41, 5.74) is 1.83. The molecule has 0 unspecified atom stereocenters. The summed E-state index contributed by atoms with van der Waals surface area (Å²) < 4.78 is 26.2. The van der Waals surface area contributed by atoms with Crippen LogP contribution in [0, 0.1) is 12.8 Å². The van der Waals surface area contributed by atoms with E-state index in [0.717, 1.165) is 36.9 Å². The molecule has 9 heteroatoms. The van der Waals surface area contributed by atoms with Crippen LogP contribution in [0.15, 0.2) is 24.3 Å². The van der Waals surface area contributed by atoms with Gasteiger partial charge >= 0.3 is 6.03 Å². The molecule has 0 aromatic heterocycles. The summed E-state index contributed by atoms with van der Waals surface area (Å²) in [5.74, 6) is 0.0331.